The summed E-state index contributed by atoms with van der Waals surface area (Å²) >= 11 is 0. The summed E-state index contributed by atoms with van der Waals surface area (Å²) in [4.78, 5) is 26.4. The van der Waals surface area contributed by atoms with Crippen molar-refractivity contribution in [1.29, 1.82) is 0 Å². The number of piperidine rings is 1. The molecule has 7 nitrogen and oxygen atoms in total. The molecule has 1 amide bonds. The lowest BCUT2D eigenvalue weighted by atomic mass is 9.96. The van der Waals surface area contributed by atoms with Crippen LogP contribution in [0.1, 0.15) is 75.1 Å². The average molecular weight is 474 g/mol. The third-order valence-corrected chi connectivity index (χ3v) is 9.12. The lowest BCUT2D eigenvalue weighted by Crippen LogP contribution is -2.38. The third-order valence-electron chi connectivity index (χ3n) is 7.23. The van der Waals surface area contributed by atoms with Crippen LogP contribution in [0.2, 0.25) is 0 Å². The number of sulfonamides is 1. The third kappa shape index (κ3) is 5.17. The molecule has 0 unspecified atom stereocenters. The van der Waals surface area contributed by atoms with Gasteiger partial charge in [0.2, 0.25) is 15.5 Å². The molecule has 1 N–H and O–H groups in total. The number of carbonyl (C=O) groups is 1. The molecular weight excluding hydrogens is 438 g/mol. The van der Waals surface area contributed by atoms with E-state index in [9.17, 15) is 18.0 Å². The number of hydrogen-bond acceptors (Lipinski definition) is 4. The summed E-state index contributed by atoms with van der Waals surface area (Å²) < 4.78 is 29.7. The fraction of sp³-hybridized carbons (Fsp3) is 0.600. The van der Waals surface area contributed by atoms with Crippen molar-refractivity contribution in [2.24, 2.45) is 13.0 Å². The van der Waals surface area contributed by atoms with Gasteiger partial charge in [-0.05, 0) is 49.8 Å². The summed E-state index contributed by atoms with van der Waals surface area (Å²) in [7, 11) is -1.91. The zero-order chi connectivity index (χ0) is 23.6. The highest BCUT2D eigenvalue weighted by molar-refractivity contribution is 7.89. The van der Waals surface area contributed by atoms with Crippen LogP contribution in [-0.4, -0.2) is 42.3 Å². The zero-order valence-corrected chi connectivity index (χ0v) is 20.5. The van der Waals surface area contributed by atoms with E-state index in [0.29, 0.717) is 24.5 Å². The van der Waals surface area contributed by atoms with Crippen molar-refractivity contribution < 1.29 is 13.2 Å². The van der Waals surface area contributed by atoms with Gasteiger partial charge in [-0.1, -0.05) is 39.0 Å². The molecule has 1 aliphatic heterocycles. The summed E-state index contributed by atoms with van der Waals surface area (Å²) in [5, 5.41) is 3.32. The second-order valence-electron chi connectivity index (χ2n) is 9.76. The van der Waals surface area contributed by atoms with Gasteiger partial charge in [-0.25, -0.2) is 8.42 Å². The molecule has 1 aliphatic carbocycles. The molecule has 1 aromatic heterocycles. The Kier molecular flexibility index (Phi) is 7.24. The number of nitrogens with one attached hydrogen (secondary N) is 1. The van der Waals surface area contributed by atoms with Crippen molar-refractivity contribution in [1.82, 2.24) is 14.2 Å². The standard InChI is InChI=1S/C25H35N3O4S/c1-18-12-14-28(15-13-18)33(31,32)20-10-11-23-21(16-20)24(29)22(17-27(23)2)25(30)26-19-8-6-4-3-5-7-9-19/h10-11,16-19H,3-9,12-15H2,1-2H3,(H,26,30). The molecule has 180 valence electrons. The van der Waals surface area contributed by atoms with Gasteiger partial charge in [0.15, 0.2) is 0 Å². The van der Waals surface area contributed by atoms with Crippen molar-refractivity contribution in [3.8, 4) is 0 Å². The molecule has 2 aliphatic rings. The molecule has 2 heterocycles. The van der Waals surface area contributed by atoms with Gasteiger partial charge in [0.1, 0.15) is 5.56 Å². The molecule has 0 atom stereocenters. The topological polar surface area (TPSA) is 88.5 Å². The van der Waals surface area contributed by atoms with Gasteiger partial charge in [0, 0.05) is 37.8 Å². The predicted octanol–water partition coefficient (Wildman–Crippen LogP) is 3.80. The molecule has 4 rings (SSSR count). The van der Waals surface area contributed by atoms with Gasteiger partial charge in [-0.2, -0.15) is 4.31 Å². The first kappa shape index (κ1) is 24.0. The van der Waals surface area contributed by atoms with E-state index in [1.807, 2.05) is 0 Å². The summed E-state index contributed by atoms with van der Waals surface area (Å²) in [6.45, 7) is 3.11. The zero-order valence-electron chi connectivity index (χ0n) is 19.7. The number of rotatable bonds is 4. The SMILES string of the molecule is CC1CCN(S(=O)(=O)c2ccc3c(c2)c(=O)c(C(=O)NC2CCCCCCC2)cn3C)CC1. The van der Waals surface area contributed by atoms with Crippen LogP contribution in [0.3, 0.4) is 0 Å². The maximum Gasteiger partial charge on any atom is 0.256 e. The number of hydrogen-bond donors (Lipinski definition) is 1. The molecule has 1 aromatic carbocycles. The second kappa shape index (κ2) is 9.97. The van der Waals surface area contributed by atoms with Crippen molar-refractivity contribution in [3.05, 3.63) is 40.2 Å². The van der Waals surface area contributed by atoms with Crippen molar-refractivity contribution in [2.75, 3.05) is 13.1 Å². The minimum absolute atomic E-state index is 0.0633. The van der Waals surface area contributed by atoms with E-state index < -0.39 is 15.5 Å². The molecule has 0 radical (unpaired) electrons. The Morgan fingerprint density at radius 3 is 2.30 bits per heavy atom. The predicted molar refractivity (Wildman–Crippen MR) is 130 cm³/mol. The number of aromatic nitrogens is 1. The maximum atomic E-state index is 13.3. The molecule has 33 heavy (non-hydrogen) atoms. The van der Waals surface area contributed by atoms with Gasteiger partial charge in [-0.15, -0.1) is 0 Å². The first-order valence-corrected chi connectivity index (χ1v) is 13.7. The Bertz CT molecular complexity index is 1170. The summed E-state index contributed by atoms with van der Waals surface area (Å²) in [5.41, 5.74) is 0.248. The fourth-order valence-corrected chi connectivity index (χ4v) is 6.53. The Balaban J connectivity index is 1.65. The number of benzene rings is 1. The van der Waals surface area contributed by atoms with Crippen LogP contribution in [-0.2, 0) is 17.1 Å². The van der Waals surface area contributed by atoms with Crippen LogP contribution in [0.15, 0.2) is 34.1 Å². The first-order valence-electron chi connectivity index (χ1n) is 12.2. The fourth-order valence-electron chi connectivity index (χ4n) is 5.03. The Hall–Kier alpha value is -2.19. The van der Waals surface area contributed by atoms with Crippen molar-refractivity contribution >= 4 is 26.8 Å². The second-order valence-corrected chi connectivity index (χ2v) is 11.7. The van der Waals surface area contributed by atoms with E-state index in [4.69, 9.17) is 0 Å². The van der Waals surface area contributed by atoms with Crippen LogP contribution in [0.5, 0.6) is 0 Å². The van der Waals surface area contributed by atoms with Gasteiger partial charge in [-0.3, -0.25) is 9.59 Å². The minimum atomic E-state index is -3.69. The molecule has 1 saturated carbocycles. The van der Waals surface area contributed by atoms with Crippen LogP contribution >= 0.6 is 0 Å². The van der Waals surface area contributed by atoms with Crippen LogP contribution in [0.4, 0.5) is 0 Å². The number of carbonyl (C=O) groups excluding carboxylic acids is 1. The van der Waals surface area contributed by atoms with E-state index in [2.05, 4.69) is 12.2 Å². The number of aryl methyl sites for hydroxylation is 1. The Morgan fingerprint density at radius 1 is 1.00 bits per heavy atom. The van der Waals surface area contributed by atoms with Gasteiger partial charge >= 0.3 is 0 Å². The van der Waals surface area contributed by atoms with E-state index in [1.165, 1.54) is 29.6 Å². The Labute approximate surface area is 196 Å². The highest BCUT2D eigenvalue weighted by atomic mass is 32.2. The average Bonchev–Trinajstić information content (AvgIpc) is 2.77. The van der Waals surface area contributed by atoms with Gasteiger partial charge in [0.05, 0.1) is 10.4 Å². The lowest BCUT2D eigenvalue weighted by molar-refractivity contribution is 0.0929. The molecule has 8 heteroatoms. The van der Waals surface area contributed by atoms with Gasteiger partial charge in [0.25, 0.3) is 5.91 Å². The van der Waals surface area contributed by atoms with Crippen LogP contribution in [0.25, 0.3) is 10.9 Å². The van der Waals surface area contributed by atoms with Crippen LogP contribution < -0.4 is 10.7 Å². The van der Waals surface area contributed by atoms with Crippen molar-refractivity contribution in [3.63, 3.8) is 0 Å². The number of pyridine rings is 1. The molecule has 1 saturated heterocycles. The molecular formula is C25H35N3O4S. The van der Waals surface area contributed by atoms with E-state index in [0.717, 1.165) is 38.5 Å². The van der Waals surface area contributed by atoms with E-state index in [1.54, 1.807) is 29.9 Å². The van der Waals surface area contributed by atoms with Crippen molar-refractivity contribution in [2.45, 2.75) is 75.6 Å². The molecule has 0 bridgehead atoms. The number of amides is 1. The highest BCUT2D eigenvalue weighted by Crippen LogP contribution is 2.25. The minimum Gasteiger partial charge on any atom is -0.350 e. The smallest absolute Gasteiger partial charge is 0.256 e. The lowest BCUT2D eigenvalue weighted by Gasteiger charge is -2.29. The normalized spacial score (nSPS) is 19.8. The van der Waals surface area contributed by atoms with E-state index in [-0.39, 0.29) is 27.8 Å². The maximum absolute atomic E-state index is 13.3. The summed E-state index contributed by atoms with van der Waals surface area (Å²) in [6.07, 6.45) is 10.8. The summed E-state index contributed by atoms with van der Waals surface area (Å²) in [6, 6.07) is 4.74. The molecule has 2 fully saturated rings. The largest absolute Gasteiger partial charge is 0.350 e. The number of fused-ring (bicyclic) bond motifs is 1. The highest BCUT2D eigenvalue weighted by Gasteiger charge is 2.29. The first-order chi connectivity index (χ1) is 15.8. The monoisotopic (exact) mass is 473 g/mol. The quantitative estimate of drug-likeness (QED) is 0.732. The Morgan fingerprint density at radius 2 is 1.64 bits per heavy atom. The molecule has 0 spiro atoms. The van der Waals surface area contributed by atoms with Gasteiger partial charge < -0.3 is 9.88 Å². The number of nitrogens with zero attached hydrogens (tertiary/aromatic N) is 2. The molecule has 2 aromatic rings. The van der Waals surface area contributed by atoms with E-state index >= 15 is 0 Å². The summed E-state index contributed by atoms with van der Waals surface area (Å²) in [5.74, 6) is 0.139. The van der Waals surface area contributed by atoms with Crippen LogP contribution in [0, 0.1) is 5.92 Å².